The lowest BCUT2D eigenvalue weighted by Gasteiger charge is -2.27. The Morgan fingerprint density at radius 1 is 0.340 bits per heavy atom. The van der Waals surface area contributed by atoms with Crippen LogP contribution in [0.2, 0.25) is 0 Å². The summed E-state index contributed by atoms with van der Waals surface area (Å²) in [7, 11) is 0. The van der Waals surface area contributed by atoms with Gasteiger partial charge in [-0.15, -0.1) is 0 Å². The SMILES string of the molecule is c1ccc(-c2ccc(N(c3ccc(-c4ccc5oc6ccccc6c5c4)cc3)c3ccc4ccc5ccccc5c4c3)c3oc4ccccc4c23)cc1. The fourth-order valence-electron chi connectivity index (χ4n) is 8.11. The number of hydrogen-bond acceptors (Lipinski definition) is 3. The maximum absolute atomic E-state index is 6.84. The number of furan rings is 2. The second kappa shape index (κ2) is 11.7. The minimum Gasteiger partial charge on any atom is -0.456 e. The second-order valence-corrected chi connectivity index (χ2v) is 13.7. The molecule has 9 aromatic carbocycles. The van der Waals surface area contributed by atoms with Gasteiger partial charge in [0.15, 0.2) is 5.58 Å². The summed E-state index contributed by atoms with van der Waals surface area (Å²) in [4.78, 5) is 2.34. The molecule has 0 fully saturated rings. The molecule has 11 aromatic rings. The van der Waals surface area contributed by atoms with Gasteiger partial charge in [-0.1, -0.05) is 133 Å². The Morgan fingerprint density at radius 2 is 0.962 bits per heavy atom. The smallest absolute Gasteiger partial charge is 0.160 e. The summed E-state index contributed by atoms with van der Waals surface area (Å²) in [6, 6.07) is 66.8. The van der Waals surface area contributed by atoms with E-state index in [1.54, 1.807) is 0 Å². The quantitative estimate of drug-likeness (QED) is 0.170. The van der Waals surface area contributed by atoms with E-state index in [9.17, 15) is 0 Å². The van der Waals surface area contributed by atoms with Gasteiger partial charge in [-0.2, -0.15) is 0 Å². The Kier molecular flexibility index (Phi) is 6.55. The first-order valence-electron chi connectivity index (χ1n) is 18.0. The van der Waals surface area contributed by atoms with Crippen LogP contribution >= 0.6 is 0 Å². The van der Waals surface area contributed by atoms with Crippen LogP contribution in [0.25, 0.3) is 87.7 Å². The Hall–Kier alpha value is -7.10. The van der Waals surface area contributed by atoms with Crippen LogP contribution in [0.4, 0.5) is 17.1 Å². The van der Waals surface area contributed by atoms with Crippen LogP contribution in [0.3, 0.4) is 0 Å². The standard InChI is InChI=1S/C50H31NO2/c1-2-10-33(11-3-1)40-27-28-45(50-49(40)42-15-7-9-17-47(42)53-50)51(38-26-22-35-19-18-34-12-4-5-13-39(34)43(35)31-38)37-24-20-32(21-25-37)36-23-29-48-44(30-36)41-14-6-8-16-46(41)52-48/h1-31H. The van der Waals surface area contributed by atoms with Crippen molar-refractivity contribution in [3.63, 3.8) is 0 Å². The highest BCUT2D eigenvalue weighted by molar-refractivity contribution is 6.17. The molecule has 0 amide bonds. The number of benzene rings is 9. The third-order valence-electron chi connectivity index (χ3n) is 10.7. The number of rotatable bonds is 5. The predicted octanol–water partition coefficient (Wildman–Crippen LogP) is 14.6. The van der Waals surface area contributed by atoms with Crippen LogP contribution < -0.4 is 4.90 Å². The zero-order valence-corrected chi connectivity index (χ0v) is 28.7. The summed E-state index contributed by atoms with van der Waals surface area (Å²) in [6.45, 7) is 0. The fourth-order valence-corrected chi connectivity index (χ4v) is 8.11. The molecule has 0 aliphatic carbocycles. The van der Waals surface area contributed by atoms with Crippen molar-refractivity contribution >= 4 is 82.5 Å². The molecule has 53 heavy (non-hydrogen) atoms. The van der Waals surface area contributed by atoms with E-state index in [0.717, 1.165) is 83.2 Å². The molecule has 0 spiro atoms. The highest BCUT2D eigenvalue weighted by Crippen LogP contribution is 2.47. The molecule has 2 heterocycles. The van der Waals surface area contributed by atoms with Gasteiger partial charge in [-0.3, -0.25) is 0 Å². The van der Waals surface area contributed by atoms with Gasteiger partial charge in [-0.05, 0) is 98.4 Å². The van der Waals surface area contributed by atoms with E-state index in [2.05, 4.69) is 175 Å². The lowest BCUT2D eigenvalue weighted by molar-refractivity contribution is 0.668. The molecule has 3 nitrogen and oxygen atoms in total. The normalized spacial score (nSPS) is 11.8. The van der Waals surface area contributed by atoms with Gasteiger partial charge >= 0.3 is 0 Å². The number of fused-ring (bicyclic) bond motifs is 9. The molecule has 2 aromatic heterocycles. The predicted molar refractivity (Wildman–Crippen MR) is 222 cm³/mol. The summed E-state index contributed by atoms with van der Waals surface area (Å²) in [5.74, 6) is 0. The molecule has 3 heteroatoms. The third-order valence-corrected chi connectivity index (χ3v) is 10.7. The summed E-state index contributed by atoms with van der Waals surface area (Å²) in [6.07, 6.45) is 0. The Bertz CT molecular complexity index is 3170. The topological polar surface area (TPSA) is 29.5 Å². The molecular formula is C50H31NO2. The molecular weight excluding hydrogens is 647 g/mol. The lowest BCUT2D eigenvalue weighted by atomic mass is 9.97. The van der Waals surface area contributed by atoms with Crippen LogP contribution in [0.15, 0.2) is 197 Å². The summed E-state index contributed by atoms with van der Waals surface area (Å²) < 4.78 is 13.0. The van der Waals surface area contributed by atoms with Crippen molar-refractivity contribution in [1.29, 1.82) is 0 Å². The summed E-state index contributed by atoms with van der Waals surface area (Å²) >= 11 is 0. The first kappa shape index (κ1) is 29.6. The van der Waals surface area contributed by atoms with Gasteiger partial charge in [-0.25, -0.2) is 0 Å². The van der Waals surface area contributed by atoms with Crippen molar-refractivity contribution < 1.29 is 8.83 Å². The molecule has 0 saturated carbocycles. The fraction of sp³-hybridized carbons (Fsp3) is 0. The van der Waals surface area contributed by atoms with Crippen molar-refractivity contribution in [1.82, 2.24) is 0 Å². The van der Waals surface area contributed by atoms with Gasteiger partial charge < -0.3 is 13.7 Å². The van der Waals surface area contributed by atoms with Crippen LogP contribution in [0, 0.1) is 0 Å². The molecule has 0 unspecified atom stereocenters. The van der Waals surface area contributed by atoms with Crippen LogP contribution in [0.5, 0.6) is 0 Å². The number of para-hydroxylation sites is 2. The Balaban J connectivity index is 1.13. The summed E-state index contributed by atoms with van der Waals surface area (Å²) in [5, 5.41) is 9.34. The third kappa shape index (κ3) is 4.75. The van der Waals surface area contributed by atoms with Crippen LogP contribution in [0.1, 0.15) is 0 Å². The highest BCUT2D eigenvalue weighted by Gasteiger charge is 2.23. The van der Waals surface area contributed by atoms with Gasteiger partial charge in [0, 0.05) is 32.9 Å². The molecule has 11 rings (SSSR count). The maximum Gasteiger partial charge on any atom is 0.160 e. The van der Waals surface area contributed by atoms with E-state index in [1.807, 2.05) is 18.2 Å². The van der Waals surface area contributed by atoms with Gasteiger partial charge in [0.1, 0.15) is 16.7 Å². The molecule has 0 bridgehead atoms. The van der Waals surface area contributed by atoms with E-state index < -0.39 is 0 Å². The monoisotopic (exact) mass is 677 g/mol. The van der Waals surface area contributed by atoms with Crippen molar-refractivity contribution in [3.8, 4) is 22.3 Å². The maximum atomic E-state index is 6.84. The van der Waals surface area contributed by atoms with Crippen LogP contribution in [-0.4, -0.2) is 0 Å². The van der Waals surface area contributed by atoms with Crippen LogP contribution in [-0.2, 0) is 0 Å². The van der Waals surface area contributed by atoms with Crippen molar-refractivity contribution in [2.45, 2.75) is 0 Å². The number of nitrogens with zero attached hydrogens (tertiary/aromatic N) is 1. The molecule has 0 atom stereocenters. The Morgan fingerprint density at radius 3 is 1.79 bits per heavy atom. The average Bonchev–Trinajstić information content (AvgIpc) is 3.80. The molecule has 248 valence electrons. The van der Waals surface area contributed by atoms with Gasteiger partial charge in [0.05, 0.1) is 5.69 Å². The summed E-state index contributed by atoms with van der Waals surface area (Å²) in [5.41, 5.74) is 11.2. The second-order valence-electron chi connectivity index (χ2n) is 13.7. The minimum absolute atomic E-state index is 0.854. The van der Waals surface area contributed by atoms with Gasteiger partial charge in [0.25, 0.3) is 0 Å². The average molecular weight is 678 g/mol. The number of anilines is 3. The Labute approximate surface area is 305 Å². The van der Waals surface area contributed by atoms with Crippen molar-refractivity contribution in [2.75, 3.05) is 4.90 Å². The highest BCUT2D eigenvalue weighted by atomic mass is 16.3. The molecule has 0 radical (unpaired) electrons. The minimum atomic E-state index is 0.854. The van der Waals surface area contributed by atoms with E-state index in [0.29, 0.717) is 0 Å². The zero-order valence-electron chi connectivity index (χ0n) is 28.7. The first-order chi connectivity index (χ1) is 26.3. The molecule has 0 N–H and O–H groups in total. The van der Waals surface area contributed by atoms with E-state index in [1.165, 1.54) is 21.5 Å². The molecule has 0 aliphatic heterocycles. The van der Waals surface area contributed by atoms with E-state index >= 15 is 0 Å². The van der Waals surface area contributed by atoms with E-state index in [-0.39, 0.29) is 0 Å². The zero-order chi connectivity index (χ0) is 34.9. The lowest BCUT2D eigenvalue weighted by Crippen LogP contribution is -2.10. The van der Waals surface area contributed by atoms with E-state index in [4.69, 9.17) is 8.83 Å². The van der Waals surface area contributed by atoms with Crippen molar-refractivity contribution in [3.05, 3.63) is 188 Å². The van der Waals surface area contributed by atoms with Gasteiger partial charge in [0.2, 0.25) is 0 Å². The largest absolute Gasteiger partial charge is 0.456 e. The van der Waals surface area contributed by atoms with Crippen molar-refractivity contribution in [2.24, 2.45) is 0 Å². The molecule has 0 aliphatic rings. The number of hydrogen-bond donors (Lipinski definition) is 0. The molecule has 0 saturated heterocycles. The first-order valence-corrected chi connectivity index (χ1v) is 18.0.